The molecule has 0 heterocycles. The quantitative estimate of drug-likeness (QED) is 0.733. The van der Waals surface area contributed by atoms with E-state index in [4.69, 9.17) is 9.47 Å². The lowest BCUT2D eigenvalue weighted by Crippen LogP contribution is -2.27. The zero-order chi connectivity index (χ0) is 19.5. The predicted octanol–water partition coefficient (Wildman–Crippen LogP) is 3.96. The molecule has 0 N–H and O–H groups in total. The number of sulfonamides is 1. The molecule has 142 valence electrons. The molecule has 0 aliphatic heterocycles. The highest BCUT2D eigenvalue weighted by Gasteiger charge is 2.25. The van der Waals surface area contributed by atoms with Crippen molar-refractivity contribution in [3.8, 4) is 11.5 Å². The first-order valence-electron chi connectivity index (χ1n) is 8.48. The van der Waals surface area contributed by atoms with Gasteiger partial charge in [-0.1, -0.05) is 26.0 Å². The number of benzene rings is 2. The van der Waals surface area contributed by atoms with Crippen LogP contribution in [-0.4, -0.2) is 34.0 Å². The molecule has 2 rings (SSSR count). The summed E-state index contributed by atoms with van der Waals surface area (Å²) in [5, 5.41) is 0. The molecule has 0 aliphatic carbocycles. The SMILES string of the molecule is COc1ccc(CN(C)S(=O)(=O)c2cc(C(C)C)c(OC)cc2C)cc1. The van der Waals surface area contributed by atoms with E-state index in [9.17, 15) is 8.42 Å². The Kier molecular flexibility index (Phi) is 6.31. The summed E-state index contributed by atoms with van der Waals surface area (Å²) >= 11 is 0. The van der Waals surface area contributed by atoms with E-state index in [1.807, 2.05) is 38.1 Å². The van der Waals surface area contributed by atoms with E-state index in [-0.39, 0.29) is 12.5 Å². The van der Waals surface area contributed by atoms with Crippen LogP contribution in [0.15, 0.2) is 41.3 Å². The lowest BCUT2D eigenvalue weighted by atomic mass is 10.0. The summed E-state index contributed by atoms with van der Waals surface area (Å²) in [6, 6.07) is 10.9. The molecule has 0 aromatic heterocycles. The van der Waals surface area contributed by atoms with Gasteiger partial charge in [0.05, 0.1) is 19.1 Å². The average molecular weight is 378 g/mol. The van der Waals surface area contributed by atoms with Crippen molar-refractivity contribution in [3.63, 3.8) is 0 Å². The van der Waals surface area contributed by atoms with Crippen LogP contribution in [0.3, 0.4) is 0 Å². The summed E-state index contributed by atoms with van der Waals surface area (Å²) in [5.74, 6) is 1.62. The molecule has 0 saturated heterocycles. The standard InChI is InChI=1S/C20H27NO4S/c1-14(2)18-12-20(15(3)11-19(18)25-6)26(22,23)21(4)13-16-7-9-17(24-5)10-8-16/h7-12,14H,13H2,1-6H3. The van der Waals surface area contributed by atoms with Gasteiger partial charge in [-0.15, -0.1) is 0 Å². The van der Waals surface area contributed by atoms with Crippen molar-refractivity contribution in [2.75, 3.05) is 21.3 Å². The molecule has 5 nitrogen and oxygen atoms in total. The van der Waals surface area contributed by atoms with Gasteiger partial charge < -0.3 is 9.47 Å². The zero-order valence-corrected chi connectivity index (χ0v) is 17.1. The Morgan fingerprint density at radius 3 is 2.15 bits per heavy atom. The smallest absolute Gasteiger partial charge is 0.243 e. The summed E-state index contributed by atoms with van der Waals surface area (Å²) in [6.45, 7) is 6.12. The Labute approximate surface area is 156 Å². The molecule has 6 heteroatoms. The lowest BCUT2D eigenvalue weighted by molar-refractivity contribution is 0.406. The third-order valence-corrected chi connectivity index (χ3v) is 6.35. The third-order valence-electron chi connectivity index (χ3n) is 4.40. The molecule has 26 heavy (non-hydrogen) atoms. The van der Waals surface area contributed by atoms with Crippen molar-refractivity contribution < 1.29 is 17.9 Å². The Morgan fingerprint density at radius 1 is 1.04 bits per heavy atom. The second-order valence-electron chi connectivity index (χ2n) is 6.62. The van der Waals surface area contributed by atoms with Crippen LogP contribution in [0, 0.1) is 6.92 Å². The normalized spacial score (nSPS) is 11.8. The minimum Gasteiger partial charge on any atom is -0.497 e. The Bertz CT molecular complexity index is 858. The Morgan fingerprint density at radius 2 is 1.65 bits per heavy atom. The number of methoxy groups -OCH3 is 2. The fourth-order valence-corrected chi connectivity index (χ4v) is 4.22. The summed E-state index contributed by atoms with van der Waals surface area (Å²) in [4.78, 5) is 0.318. The lowest BCUT2D eigenvalue weighted by Gasteiger charge is -2.21. The summed E-state index contributed by atoms with van der Waals surface area (Å²) in [6.07, 6.45) is 0. The highest BCUT2D eigenvalue weighted by molar-refractivity contribution is 7.89. The number of aryl methyl sites for hydroxylation is 1. The van der Waals surface area contributed by atoms with Crippen molar-refractivity contribution in [1.82, 2.24) is 4.31 Å². The van der Waals surface area contributed by atoms with Crippen LogP contribution in [0.5, 0.6) is 11.5 Å². The molecule has 2 aromatic rings. The molecule has 0 unspecified atom stereocenters. The first-order valence-corrected chi connectivity index (χ1v) is 9.92. The minimum absolute atomic E-state index is 0.159. The van der Waals surface area contributed by atoms with Crippen LogP contribution in [0.25, 0.3) is 0 Å². The maximum Gasteiger partial charge on any atom is 0.243 e. The van der Waals surface area contributed by atoms with Crippen LogP contribution >= 0.6 is 0 Å². The van der Waals surface area contributed by atoms with E-state index in [0.29, 0.717) is 16.2 Å². The largest absolute Gasteiger partial charge is 0.497 e. The van der Waals surface area contributed by atoms with E-state index in [2.05, 4.69) is 0 Å². The Balaban J connectivity index is 2.37. The molecule has 2 aromatic carbocycles. The highest BCUT2D eigenvalue weighted by Crippen LogP contribution is 2.32. The maximum atomic E-state index is 13.1. The van der Waals surface area contributed by atoms with Crippen molar-refractivity contribution in [1.29, 1.82) is 0 Å². The fourth-order valence-electron chi connectivity index (χ4n) is 2.82. The van der Waals surface area contributed by atoms with Crippen LogP contribution in [0.2, 0.25) is 0 Å². The van der Waals surface area contributed by atoms with Crippen LogP contribution in [0.4, 0.5) is 0 Å². The molecular formula is C20H27NO4S. The van der Waals surface area contributed by atoms with E-state index in [1.54, 1.807) is 40.3 Å². The molecular weight excluding hydrogens is 350 g/mol. The Hall–Kier alpha value is -2.05. The first-order chi connectivity index (χ1) is 12.2. The zero-order valence-electron chi connectivity index (χ0n) is 16.2. The monoisotopic (exact) mass is 377 g/mol. The van der Waals surface area contributed by atoms with E-state index >= 15 is 0 Å². The van der Waals surface area contributed by atoms with Crippen molar-refractivity contribution in [2.45, 2.75) is 38.1 Å². The first kappa shape index (κ1) is 20.3. The van der Waals surface area contributed by atoms with Gasteiger partial charge in [-0.2, -0.15) is 4.31 Å². The number of rotatable bonds is 7. The highest BCUT2D eigenvalue weighted by atomic mass is 32.2. The second kappa shape index (κ2) is 8.10. The molecule has 0 atom stereocenters. The summed E-state index contributed by atoms with van der Waals surface area (Å²) < 4.78 is 38.2. The second-order valence-corrected chi connectivity index (χ2v) is 8.64. The van der Waals surface area contributed by atoms with Gasteiger partial charge in [0.1, 0.15) is 11.5 Å². The number of nitrogens with zero attached hydrogens (tertiary/aromatic N) is 1. The molecule has 0 amide bonds. The van der Waals surface area contributed by atoms with Gasteiger partial charge in [0, 0.05) is 13.6 Å². The van der Waals surface area contributed by atoms with Crippen molar-refractivity contribution in [2.24, 2.45) is 0 Å². The minimum atomic E-state index is -3.62. The molecule has 0 spiro atoms. The van der Waals surface area contributed by atoms with Gasteiger partial charge >= 0.3 is 0 Å². The van der Waals surface area contributed by atoms with Crippen LogP contribution in [0.1, 0.15) is 36.5 Å². The van der Waals surface area contributed by atoms with Crippen LogP contribution < -0.4 is 9.47 Å². The predicted molar refractivity (Wildman–Crippen MR) is 103 cm³/mol. The molecule has 0 bridgehead atoms. The topological polar surface area (TPSA) is 55.8 Å². The summed E-state index contributed by atoms with van der Waals surface area (Å²) in [5.41, 5.74) is 2.45. The van der Waals surface area contributed by atoms with Gasteiger partial charge in [0.25, 0.3) is 0 Å². The molecule has 0 aliphatic rings. The fraction of sp³-hybridized carbons (Fsp3) is 0.400. The van der Waals surface area contributed by atoms with Gasteiger partial charge in [0.2, 0.25) is 10.0 Å². The number of ether oxygens (including phenoxy) is 2. The van der Waals surface area contributed by atoms with Gasteiger partial charge in [-0.05, 0) is 53.8 Å². The number of hydrogen-bond acceptors (Lipinski definition) is 4. The van der Waals surface area contributed by atoms with Gasteiger partial charge in [-0.25, -0.2) is 8.42 Å². The van der Waals surface area contributed by atoms with Gasteiger partial charge in [-0.3, -0.25) is 0 Å². The average Bonchev–Trinajstić information content (AvgIpc) is 2.61. The van der Waals surface area contributed by atoms with E-state index in [1.165, 1.54) is 4.31 Å². The van der Waals surface area contributed by atoms with Crippen molar-refractivity contribution >= 4 is 10.0 Å². The number of hydrogen-bond donors (Lipinski definition) is 0. The molecule has 0 fully saturated rings. The van der Waals surface area contributed by atoms with E-state index in [0.717, 1.165) is 16.9 Å². The molecule has 0 saturated carbocycles. The maximum absolute atomic E-state index is 13.1. The molecule has 0 radical (unpaired) electrons. The third kappa shape index (κ3) is 4.19. The van der Waals surface area contributed by atoms with Crippen molar-refractivity contribution in [3.05, 3.63) is 53.1 Å². The van der Waals surface area contributed by atoms with Gasteiger partial charge in [0.15, 0.2) is 0 Å². The van der Waals surface area contributed by atoms with E-state index < -0.39 is 10.0 Å². The summed E-state index contributed by atoms with van der Waals surface area (Å²) in [7, 11) is 1.18. The van der Waals surface area contributed by atoms with Crippen LogP contribution in [-0.2, 0) is 16.6 Å².